The molecule has 1 saturated heterocycles. The summed E-state index contributed by atoms with van der Waals surface area (Å²) in [6.07, 6.45) is 2.70. The van der Waals surface area contributed by atoms with Crippen LogP contribution in [0.2, 0.25) is 0 Å². The van der Waals surface area contributed by atoms with E-state index in [9.17, 15) is 9.59 Å². The summed E-state index contributed by atoms with van der Waals surface area (Å²) in [4.78, 5) is 30.8. The Bertz CT molecular complexity index is 774. The van der Waals surface area contributed by atoms with Crippen molar-refractivity contribution in [3.05, 3.63) is 59.9 Å². The highest BCUT2D eigenvalue weighted by atomic mass is 16.2. The Morgan fingerprint density at radius 1 is 1.27 bits per heavy atom. The van der Waals surface area contributed by atoms with Gasteiger partial charge >= 0.3 is 0 Å². The second-order valence-corrected chi connectivity index (χ2v) is 7.02. The van der Waals surface area contributed by atoms with E-state index in [1.807, 2.05) is 36.4 Å². The van der Waals surface area contributed by atoms with Gasteiger partial charge in [0.05, 0.1) is 5.92 Å². The first-order chi connectivity index (χ1) is 12.5. The van der Waals surface area contributed by atoms with Gasteiger partial charge in [-0.1, -0.05) is 32.0 Å². The molecule has 0 aliphatic carbocycles. The summed E-state index contributed by atoms with van der Waals surface area (Å²) >= 11 is 0. The number of hydrogen-bond acceptors (Lipinski definition) is 3. The lowest BCUT2D eigenvalue weighted by Crippen LogP contribution is -2.34. The van der Waals surface area contributed by atoms with Crippen LogP contribution in [-0.2, 0) is 16.0 Å². The van der Waals surface area contributed by atoms with Crippen LogP contribution < -0.4 is 10.2 Å². The summed E-state index contributed by atoms with van der Waals surface area (Å²) in [6, 6.07) is 13.8. The summed E-state index contributed by atoms with van der Waals surface area (Å²) in [5.74, 6) is 0.0554. The number of anilines is 1. The fraction of sp³-hybridized carbons (Fsp3) is 0.381. The molecule has 136 valence electrons. The number of carbonyl (C=O) groups excluding carboxylic acids is 2. The van der Waals surface area contributed by atoms with E-state index < -0.39 is 0 Å². The summed E-state index contributed by atoms with van der Waals surface area (Å²) in [5, 5.41) is 2.94. The zero-order chi connectivity index (χ0) is 18.5. The fourth-order valence-corrected chi connectivity index (χ4v) is 3.19. The fourth-order valence-electron chi connectivity index (χ4n) is 3.19. The molecule has 2 heterocycles. The first-order valence-corrected chi connectivity index (χ1v) is 9.12. The molecule has 1 atom stereocenters. The van der Waals surface area contributed by atoms with Crippen LogP contribution in [0.5, 0.6) is 0 Å². The number of amides is 2. The normalized spacial score (nSPS) is 17.0. The summed E-state index contributed by atoms with van der Waals surface area (Å²) in [5.41, 5.74) is 3.02. The lowest BCUT2D eigenvalue weighted by atomic mass is 10.0. The molecular formula is C21H25N3O2. The molecule has 3 rings (SSSR count). The van der Waals surface area contributed by atoms with Crippen LogP contribution in [-0.4, -0.2) is 29.9 Å². The molecule has 1 fully saturated rings. The highest BCUT2D eigenvalue weighted by Gasteiger charge is 2.35. The highest BCUT2D eigenvalue weighted by molar-refractivity contribution is 6.00. The number of benzene rings is 1. The molecule has 1 aliphatic heterocycles. The number of aromatic nitrogens is 1. The number of pyridine rings is 1. The van der Waals surface area contributed by atoms with Gasteiger partial charge in [0.2, 0.25) is 11.8 Å². The van der Waals surface area contributed by atoms with E-state index >= 15 is 0 Å². The van der Waals surface area contributed by atoms with Crippen LogP contribution >= 0.6 is 0 Å². The topological polar surface area (TPSA) is 62.3 Å². The van der Waals surface area contributed by atoms with Crippen molar-refractivity contribution in [2.75, 3.05) is 18.0 Å². The maximum atomic E-state index is 12.4. The van der Waals surface area contributed by atoms with E-state index in [4.69, 9.17) is 0 Å². The van der Waals surface area contributed by atoms with E-state index in [1.54, 1.807) is 11.1 Å². The maximum Gasteiger partial charge on any atom is 0.227 e. The molecule has 0 saturated carbocycles. The molecule has 26 heavy (non-hydrogen) atoms. The first kappa shape index (κ1) is 18.1. The molecule has 0 radical (unpaired) electrons. The predicted octanol–water partition coefficient (Wildman–Crippen LogP) is 2.92. The third-order valence-electron chi connectivity index (χ3n) is 4.75. The van der Waals surface area contributed by atoms with Crippen molar-refractivity contribution in [2.45, 2.75) is 32.6 Å². The maximum absolute atomic E-state index is 12.4. The lowest BCUT2D eigenvalue weighted by molar-refractivity contribution is -0.126. The quantitative estimate of drug-likeness (QED) is 0.870. The van der Waals surface area contributed by atoms with Crippen molar-refractivity contribution in [3.63, 3.8) is 0 Å². The van der Waals surface area contributed by atoms with E-state index in [2.05, 4.69) is 30.2 Å². The number of nitrogens with one attached hydrogen (secondary N) is 1. The molecule has 1 aliphatic rings. The number of hydrogen-bond donors (Lipinski definition) is 1. The van der Waals surface area contributed by atoms with E-state index in [-0.39, 0.29) is 24.2 Å². The van der Waals surface area contributed by atoms with Gasteiger partial charge in [0.1, 0.15) is 0 Å². The third-order valence-corrected chi connectivity index (χ3v) is 4.75. The first-order valence-electron chi connectivity index (χ1n) is 9.12. The van der Waals surface area contributed by atoms with Crippen molar-refractivity contribution in [3.8, 4) is 0 Å². The van der Waals surface area contributed by atoms with Crippen molar-refractivity contribution in [1.29, 1.82) is 0 Å². The average Bonchev–Trinajstić information content (AvgIpc) is 3.04. The Morgan fingerprint density at radius 2 is 2.12 bits per heavy atom. The number of carbonyl (C=O) groups is 2. The molecule has 2 aromatic rings. The zero-order valence-electron chi connectivity index (χ0n) is 15.3. The van der Waals surface area contributed by atoms with Crippen molar-refractivity contribution < 1.29 is 9.59 Å². The van der Waals surface area contributed by atoms with Gasteiger partial charge < -0.3 is 10.2 Å². The minimum Gasteiger partial charge on any atom is -0.355 e. The van der Waals surface area contributed by atoms with Crippen LogP contribution in [0.1, 0.15) is 37.4 Å². The van der Waals surface area contributed by atoms with Crippen LogP contribution in [0.3, 0.4) is 0 Å². The molecule has 5 nitrogen and oxygen atoms in total. The molecule has 0 spiro atoms. The third kappa shape index (κ3) is 4.28. The molecule has 2 amide bonds. The van der Waals surface area contributed by atoms with Crippen LogP contribution in [0.25, 0.3) is 0 Å². The van der Waals surface area contributed by atoms with Gasteiger partial charge in [-0.05, 0) is 35.7 Å². The molecule has 1 unspecified atom stereocenters. The Morgan fingerprint density at radius 3 is 2.85 bits per heavy atom. The Labute approximate surface area is 154 Å². The highest BCUT2D eigenvalue weighted by Crippen LogP contribution is 2.27. The minimum absolute atomic E-state index is 0.00998. The van der Waals surface area contributed by atoms with Crippen molar-refractivity contribution in [2.24, 2.45) is 5.92 Å². The predicted molar refractivity (Wildman–Crippen MR) is 102 cm³/mol. The monoisotopic (exact) mass is 351 g/mol. The van der Waals surface area contributed by atoms with E-state index in [0.29, 0.717) is 25.4 Å². The summed E-state index contributed by atoms with van der Waals surface area (Å²) in [7, 11) is 0. The van der Waals surface area contributed by atoms with Crippen LogP contribution in [0.4, 0.5) is 5.69 Å². The van der Waals surface area contributed by atoms with Crippen LogP contribution in [0, 0.1) is 5.92 Å². The second-order valence-electron chi connectivity index (χ2n) is 7.02. The second kappa shape index (κ2) is 8.13. The van der Waals surface area contributed by atoms with Gasteiger partial charge in [-0.2, -0.15) is 0 Å². The van der Waals surface area contributed by atoms with E-state index in [0.717, 1.165) is 11.4 Å². The standard InChI is InChI=1S/C21H25N3O2/c1-15(2)16-6-5-8-19(12-16)24-14-17(13-20(24)25)21(26)23-11-9-18-7-3-4-10-22-18/h3-8,10,12,15,17H,9,11,13-14H2,1-2H3,(H,23,26). The van der Waals surface area contributed by atoms with Gasteiger partial charge in [0, 0.05) is 43.5 Å². The minimum atomic E-state index is -0.297. The van der Waals surface area contributed by atoms with E-state index in [1.165, 1.54) is 5.56 Å². The Kier molecular flexibility index (Phi) is 5.66. The van der Waals surface area contributed by atoms with Gasteiger partial charge in [-0.15, -0.1) is 0 Å². The van der Waals surface area contributed by atoms with Crippen molar-refractivity contribution in [1.82, 2.24) is 10.3 Å². The van der Waals surface area contributed by atoms with Gasteiger partial charge in [-0.25, -0.2) is 0 Å². The number of rotatable bonds is 6. The summed E-state index contributed by atoms with van der Waals surface area (Å²) in [6.45, 7) is 5.23. The number of nitrogens with zero attached hydrogens (tertiary/aromatic N) is 2. The lowest BCUT2D eigenvalue weighted by Gasteiger charge is -2.18. The molecule has 1 aromatic carbocycles. The average molecular weight is 351 g/mol. The summed E-state index contributed by atoms with van der Waals surface area (Å²) < 4.78 is 0. The molecular weight excluding hydrogens is 326 g/mol. The Balaban J connectivity index is 1.57. The smallest absolute Gasteiger partial charge is 0.227 e. The largest absolute Gasteiger partial charge is 0.355 e. The molecule has 0 bridgehead atoms. The SMILES string of the molecule is CC(C)c1cccc(N2CC(C(=O)NCCc3ccccn3)CC2=O)c1. The molecule has 1 N–H and O–H groups in total. The van der Waals surface area contributed by atoms with Crippen LogP contribution in [0.15, 0.2) is 48.7 Å². The van der Waals surface area contributed by atoms with Gasteiger partial charge in [-0.3, -0.25) is 14.6 Å². The van der Waals surface area contributed by atoms with Gasteiger partial charge in [0.15, 0.2) is 0 Å². The zero-order valence-corrected chi connectivity index (χ0v) is 15.3. The Hall–Kier alpha value is -2.69. The van der Waals surface area contributed by atoms with Gasteiger partial charge in [0.25, 0.3) is 0 Å². The van der Waals surface area contributed by atoms with Crippen molar-refractivity contribution >= 4 is 17.5 Å². The molecule has 5 heteroatoms. The molecule has 1 aromatic heterocycles.